The van der Waals surface area contributed by atoms with Crippen molar-refractivity contribution < 1.29 is 4.79 Å². The molecule has 0 aromatic carbocycles. The van der Waals surface area contributed by atoms with Gasteiger partial charge in [0.1, 0.15) is 0 Å². The van der Waals surface area contributed by atoms with E-state index in [2.05, 4.69) is 5.43 Å². The smallest absolute Gasteiger partial charge is 0.257 e. The fraction of sp³-hybridized carbons (Fsp3) is 0.667. The first-order chi connectivity index (χ1) is 5.83. The monoisotopic (exact) mass is 168 g/mol. The van der Waals surface area contributed by atoms with E-state index in [9.17, 15) is 4.79 Å². The van der Waals surface area contributed by atoms with Gasteiger partial charge in [-0.2, -0.15) is 0 Å². The van der Waals surface area contributed by atoms with Gasteiger partial charge in [0, 0.05) is 19.2 Å². The highest BCUT2D eigenvalue weighted by Gasteiger charge is 2.11. The SMILES string of the molecule is CCC=CC(=O)NN1CCCC1. The molecule has 0 spiro atoms. The molecule has 1 amide bonds. The van der Waals surface area contributed by atoms with Crippen molar-refractivity contribution in [1.82, 2.24) is 10.4 Å². The highest BCUT2D eigenvalue weighted by atomic mass is 16.2. The summed E-state index contributed by atoms with van der Waals surface area (Å²) in [5.41, 5.74) is 2.82. The molecule has 0 saturated carbocycles. The van der Waals surface area contributed by atoms with Crippen LogP contribution in [0.15, 0.2) is 12.2 Å². The predicted octanol–water partition coefficient (Wildman–Crippen LogP) is 1.08. The summed E-state index contributed by atoms with van der Waals surface area (Å²) in [5.74, 6) is -0.00116. The standard InChI is InChI=1S/C9H16N2O/c1-2-3-6-9(12)10-11-7-4-5-8-11/h3,6H,2,4-5,7-8H2,1H3,(H,10,12). The van der Waals surface area contributed by atoms with Gasteiger partial charge in [-0.15, -0.1) is 0 Å². The topological polar surface area (TPSA) is 32.3 Å². The van der Waals surface area contributed by atoms with Crippen molar-refractivity contribution in [3.8, 4) is 0 Å². The molecule has 1 N–H and O–H groups in total. The third-order valence-electron chi connectivity index (χ3n) is 1.88. The summed E-state index contributed by atoms with van der Waals surface area (Å²) in [7, 11) is 0. The van der Waals surface area contributed by atoms with Gasteiger partial charge < -0.3 is 0 Å². The number of rotatable bonds is 3. The molecule has 0 aromatic rings. The van der Waals surface area contributed by atoms with Crippen LogP contribution in [-0.2, 0) is 4.79 Å². The van der Waals surface area contributed by atoms with E-state index in [0.29, 0.717) is 0 Å². The molecule has 1 aliphatic heterocycles. The van der Waals surface area contributed by atoms with E-state index in [1.54, 1.807) is 6.08 Å². The normalized spacial score (nSPS) is 18.8. The van der Waals surface area contributed by atoms with Crippen molar-refractivity contribution in [2.24, 2.45) is 0 Å². The lowest BCUT2D eigenvalue weighted by molar-refractivity contribution is -0.120. The molecule has 1 fully saturated rings. The van der Waals surface area contributed by atoms with Gasteiger partial charge in [-0.3, -0.25) is 10.2 Å². The number of allylic oxidation sites excluding steroid dienone is 1. The zero-order valence-electron chi connectivity index (χ0n) is 7.55. The molecule has 1 saturated heterocycles. The van der Waals surface area contributed by atoms with Gasteiger partial charge >= 0.3 is 0 Å². The maximum atomic E-state index is 11.1. The first kappa shape index (κ1) is 9.26. The molecule has 1 aliphatic rings. The van der Waals surface area contributed by atoms with Gasteiger partial charge in [0.25, 0.3) is 5.91 Å². The summed E-state index contributed by atoms with van der Waals surface area (Å²) in [5, 5.41) is 1.97. The predicted molar refractivity (Wildman–Crippen MR) is 48.4 cm³/mol. The number of hydrazine groups is 1. The van der Waals surface area contributed by atoms with Crippen molar-refractivity contribution in [3.05, 3.63) is 12.2 Å². The fourth-order valence-corrected chi connectivity index (χ4v) is 1.25. The summed E-state index contributed by atoms with van der Waals surface area (Å²) in [4.78, 5) is 11.1. The van der Waals surface area contributed by atoms with Crippen LogP contribution in [0.25, 0.3) is 0 Å². The number of amides is 1. The van der Waals surface area contributed by atoms with E-state index < -0.39 is 0 Å². The van der Waals surface area contributed by atoms with E-state index in [4.69, 9.17) is 0 Å². The Morgan fingerprint density at radius 1 is 1.50 bits per heavy atom. The molecule has 0 atom stereocenters. The van der Waals surface area contributed by atoms with Crippen LogP contribution >= 0.6 is 0 Å². The Bertz CT molecular complexity index is 171. The quantitative estimate of drug-likeness (QED) is 0.639. The second-order valence-electron chi connectivity index (χ2n) is 2.98. The minimum absolute atomic E-state index is 0.00116. The minimum Gasteiger partial charge on any atom is -0.285 e. The molecule has 68 valence electrons. The van der Waals surface area contributed by atoms with Gasteiger partial charge in [0.15, 0.2) is 0 Å². The molecule has 0 bridgehead atoms. The second kappa shape index (κ2) is 4.93. The van der Waals surface area contributed by atoms with Crippen molar-refractivity contribution in [3.63, 3.8) is 0 Å². The van der Waals surface area contributed by atoms with Crippen LogP contribution in [0.4, 0.5) is 0 Å². The van der Waals surface area contributed by atoms with E-state index in [-0.39, 0.29) is 5.91 Å². The lowest BCUT2D eigenvalue weighted by atomic mass is 10.4. The Hall–Kier alpha value is -0.830. The van der Waals surface area contributed by atoms with Gasteiger partial charge in [-0.05, 0) is 19.3 Å². The molecule has 1 heterocycles. The first-order valence-electron chi connectivity index (χ1n) is 4.55. The van der Waals surface area contributed by atoms with E-state index >= 15 is 0 Å². The molecule has 3 heteroatoms. The summed E-state index contributed by atoms with van der Waals surface area (Å²) in [6.07, 6.45) is 6.76. The number of carbonyl (C=O) groups excluding carboxylic acids is 1. The summed E-state index contributed by atoms with van der Waals surface area (Å²) in [6, 6.07) is 0. The average molecular weight is 168 g/mol. The third kappa shape index (κ3) is 3.05. The molecule has 1 rings (SSSR count). The summed E-state index contributed by atoms with van der Waals surface area (Å²) < 4.78 is 0. The largest absolute Gasteiger partial charge is 0.285 e. The van der Waals surface area contributed by atoms with Gasteiger partial charge in [-0.1, -0.05) is 13.0 Å². The van der Waals surface area contributed by atoms with Crippen LogP contribution in [0.2, 0.25) is 0 Å². The molecular weight excluding hydrogens is 152 g/mol. The molecule has 0 radical (unpaired) electrons. The average Bonchev–Trinajstić information content (AvgIpc) is 2.53. The number of nitrogens with one attached hydrogen (secondary N) is 1. The molecule has 0 aliphatic carbocycles. The van der Waals surface area contributed by atoms with Crippen LogP contribution in [0.1, 0.15) is 26.2 Å². The van der Waals surface area contributed by atoms with Crippen molar-refractivity contribution in [1.29, 1.82) is 0 Å². The van der Waals surface area contributed by atoms with Crippen LogP contribution in [0, 0.1) is 0 Å². The highest BCUT2D eigenvalue weighted by Crippen LogP contribution is 2.03. The van der Waals surface area contributed by atoms with Crippen LogP contribution in [0.3, 0.4) is 0 Å². The number of hydrogen-bond donors (Lipinski definition) is 1. The van der Waals surface area contributed by atoms with Gasteiger partial charge in [-0.25, -0.2) is 5.01 Å². The Morgan fingerprint density at radius 3 is 2.75 bits per heavy atom. The lowest BCUT2D eigenvalue weighted by Crippen LogP contribution is -2.38. The van der Waals surface area contributed by atoms with E-state index in [1.807, 2.05) is 18.0 Å². The number of nitrogens with zero attached hydrogens (tertiary/aromatic N) is 1. The van der Waals surface area contributed by atoms with E-state index in [1.165, 1.54) is 12.8 Å². The molecule has 0 aromatic heterocycles. The Balaban J connectivity index is 2.20. The molecule has 12 heavy (non-hydrogen) atoms. The Labute approximate surface area is 73.4 Å². The highest BCUT2D eigenvalue weighted by molar-refractivity contribution is 5.86. The molecule has 3 nitrogen and oxygen atoms in total. The maximum absolute atomic E-state index is 11.1. The van der Waals surface area contributed by atoms with Crippen molar-refractivity contribution in [2.45, 2.75) is 26.2 Å². The summed E-state index contributed by atoms with van der Waals surface area (Å²) >= 11 is 0. The van der Waals surface area contributed by atoms with Crippen LogP contribution < -0.4 is 5.43 Å². The fourth-order valence-electron chi connectivity index (χ4n) is 1.25. The van der Waals surface area contributed by atoms with Gasteiger partial charge in [0.05, 0.1) is 0 Å². The first-order valence-corrected chi connectivity index (χ1v) is 4.55. The zero-order valence-corrected chi connectivity index (χ0v) is 7.55. The maximum Gasteiger partial charge on any atom is 0.257 e. The lowest BCUT2D eigenvalue weighted by Gasteiger charge is -2.14. The summed E-state index contributed by atoms with van der Waals surface area (Å²) in [6.45, 7) is 4.00. The Morgan fingerprint density at radius 2 is 2.17 bits per heavy atom. The van der Waals surface area contributed by atoms with Crippen molar-refractivity contribution in [2.75, 3.05) is 13.1 Å². The Kier molecular flexibility index (Phi) is 3.80. The van der Waals surface area contributed by atoms with E-state index in [0.717, 1.165) is 19.5 Å². The van der Waals surface area contributed by atoms with Gasteiger partial charge in [0.2, 0.25) is 0 Å². The molecule has 0 unspecified atom stereocenters. The van der Waals surface area contributed by atoms with Crippen molar-refractivity contribution >= 4 is 5.91 Å². The van der Waals surface area contributed by atoms with Crippen LogP contribution in [-0.4, -0.2) is 24.0 Å². The third-order valence-corrected chi connectivity index (χ3v) is 1.88. The minimum atomic E-state index is -0.00116. The second-order valence-corrected chi connectivity index (χ2v) is 2.98. The van der Waals surface area contributed by atoms with Crippen LogP contribution in [0.5, 0.6) is 0 Å². The zero-order chi connectivity index (χ0) is 8.81. The molecular formula is C9H16N2O. The number of hydrogen-bond acceptors (Lipinski definition) is 2. The number of carbonyl (C=O) groups is 1.